The van der Waals surface area contributed by atoms with E-state index in [4.69, 9.17) is 9.90 Å². The van der Waals surface area contributed by atoms with Crippen LogP contribution in [-0.4, -0.2) is 74.8 Å². The van der Waals surface area contributed by atoms with Gasteiger partial charge < -0.3 is 10.0 Å². The fourth-order valence-corrected chi connectivity index (χ4v) is 5.08. The summed E-state index contributed by atoms with van der Waals surface area (Å²) in [5.74, 6) is -5.27. The minimum atomic E-state index is -5.08. The smallest absolute Gasteiger partial charge is 0.475 e. The van der Waals surface area contributed by atoms with Gasteiger partial charge in [-0.25, -0.2) is 13.6 Å². The second-order valence-corrected chi connectivity index (χ2v) is 9.70. The standard InChI is InChI=1S/C21H34F2N4O.C2HF3O2/c1-5-17(6-2)11-26-14-20(13-21(22,23)15-26)8-7-9-27(19(20)28)12-18-10-16(3)24-25(18)4;3-2(4,5)1(6)7/h10,17H,5-9,11-15H2,1-4H3;(H,6,7). The lowest BCUT2D eigenvalue weighted by Crippen LogP contribution is -2.61. The Morgan fingerprint density at radius 1 is 1.23 bits per heavy atom. The summed E-state index contributed by atoms with van der Waals surface area (Å²) in [5.41, 5.74) is 0.885. The Bertz CT molecular complexity index is 885. The number of piperidine rings is 2. The number of carbonyl (C=O) groups excluding carboxylic acids is 1. The van der Waals surface area contributed by atoms with Crippen molar-refractivity contribution < 1.29 is 36.6 Å². The average Bonchev–Trinajstić information content (AvgIpc) is 3.05. The van der Waals surface area contributed by atoms with Gasteiger partial charge in [0, 0.05) is 33.1 Å². The Labute approximate surface area is 202 Å². The molecule has 1 amide bonds. The minimum absolute atomic E-state index is 0.105. The fourth-order valence-electron chi connectivity index (χ4n) is 5.08. The van der Waals surface area contributed by atoms with E-state index in [0.29, 0.717) is 38.5 Å². The van der Waals surface area contributed by atoms with Gasteiger partial charge in [-0.2, -0.15) is 18.3 Å². The predicted molar refractivity (Wildman–Crippen MR) is 119 cm³/mol. The number of alkyl halides is 5. The molecule has 2 fully saturated rings. The van der Waals surface area contributed by atoms with Gasteiger partial charge in [0.25, 0.3) is 5.92 Å². The van der Waals surface area contributed by atoms with E-state index in [1.807, 2.05) is 24.9 Å². The van der Waals surface area contributed by atoms with Crippen LogP contribution in [0.4, 0.5) is 22.0 Å². The van der Waals surface area contributed by atoms with E-state index in [9.17, 15) is 26.7 Å². The van der Waals surface area contributed by atoms with Gasteiger partial charge in [-0.05, 0) is 31.7 Å². The topological polar surface area (TPSA) is 78.7 Å². The maximum absolute atomic E-state index is 14.7. The van der Waals surface area contributed by atoms with Crippen LogP contribution in [0.3, 0.4) is 0 Å². The molecule has 1 aromatic rings. The highest BCUT2D eigenvalue weighted by molar-refractivity contribution is 5.84. The van der Waals surface area contributed by atoms with Gasteiger partial charge in [0.15, 0.2) is 0 Å². The summed E-state index contributed by atoms with van der Waals surface area (Å²) >= 11 is 0. The van der Waals surface area contributed by atoms with Crippen molar-refractivity contribution in [2.24, 2.45) is 18.4 Å². The Morgan fingerprint density at radius 3 is 2.31 bits per heavy atom. The van der Waals surface area contributed by atoms with E-state index >= 15 is 0 Å². The summed E-state index contributed by atoms with van der Waals surface area (Å²) < 4.78 is 62.9. The third-order valence-corrected chi connectivity index (χ3v) is 6.77. The number of nitrogens with zero attached hydrogens (tertiary/aromatic N) is 4. The number of carbonyl (C=O) groups is 2. The average molecular weight is 511 g/mol. The van der Waals surface area contributed by atoms with Crippen LogP contribution in [0.1, 0.15) is 57.3 Å². The quantitative estimate of drug-likeness (QED) is 0.579. The largest absolute Gasteiger partial charge is 0.490 e. The van der Waals surface area contributed by atoms with Crippen LogP contribution < -0.4 is 0 Å². The fraction of sp³-hybridized carbons (Fsp3) is 0.783. The Hall–Kier alpha value is -2.24. The number of aliphatic carboxylic acids is 1. The van der Waals surface area contributed by atoms with E-state index in [2.05, 4.69) is 18.9 Å². The number of rotatable bonds is 6. The molecule has 200 valence electrons. The van der Waals surface area contributed by atoms with Crippen molar-refractivity contribution in [1.29, 1.82) is 0 Å². The Balaban J connectivity index is 0.000000540. The molecule has 35 heavy (non-hydrogen) atoms. The van der Waals surface area contributed by atoms with Crippen molar-refractivity contribution in [2.45, 2.75) is 71.5 Å². The number of aromatic nitrogens is 2. The molecule has 1 aromatic heterocycles. The van der Waals surface area contributed by atoms with Crippen LogP contribution in [0, 0.1) is 18.3 Å². The molecule has 2 saturated heterocycles. The van der Waals surface area contributed by atoms with Gasteiger partial charge >= 0.3 is 12.1 Å². The first kappa shape index (κ1) is 29.0. The summed E-state index contributed by atoms with van der Waals surface area (Å²) in [6.07, 6.45) is -2.12. The SMILES string of the molecule is CCC(CC)CN1CC(F)(F)CC2(CCCN(Cc3cc(C)nn3C)C2=O)C1.O=C(O)C(F)(F)F. The van der Waals surface area contributed by atoms with Gasteiger partial charge in [0.05, 0.1) is 29.9 Å². The number of amides is 1. The van der Waals surface area contributed by atoms with Crippen molar-refractivity contribution >= 4 is 11.9 Å². The van der Waals surface area contributed by atoms with E-state index in [1.165, 1.54) is 0 Å². The lowest BCUT2D eigenvalue weighted by molar-refractivity contribution is -0.192. The second-order valence-electron chi connectivity index (χ2n) is 9.70. The first-order chi connectivity index (χ1) is 16.1. The highest BCUT2D eigenvalue weighted by Gasteiger charge is 2.55. The molecular formula is C23H35F5N4O3. The monoisotopic (exact) mass is 510 g/mol. The minimum Gasteiger partial charge on any atom is -0.475 e. The van der Waals surface area contributed by atoms with Crippen LogP contribution in [-0.2, 0) is 23.2 Å². The van der Waals surface area contributed by atoms with Gasteiger partial charge in [0.1, 0.15) is 0 Å². The summed E-state index contributed by atoms with van der Waals surface area (Å²) in [4.78, 5) is 25.9. The summed E-state index contributed by atoms with van der Waals surface area (Å²) in [5, 5.41) is 11.5. The zero-order chi connectivity index (χ0) is 26.6. The number of hydrogen-bond acceptors (Lipinski definition) is 4. The molecule has 0 aliphatic carbocycles. The summed E-state index contributed by atoms with van der Waals surface area (Å²) in [7, 11) is 1.86. The van der Waals surface area contributed by atoms with Crippen LogP contribution >= 0.6 is 0 Å². The molecule has 2 aliphatic heterocycles. The number of halogens is 5. The molecule has 0 aromatic carbocycles. The predicted octanol–water partition coefficient (Wildman–Crippen LogP) is 4.25. The van der Waals surface area contributed by atoms with Crippen LogP contribution in [0.15, 0.2) is 6.07 Å². The lowest BCUT2D eigenvalue weighted by Gasteiger charge is -2.49. The van der Waals surface area contributed by atoms with Crippen molar-refractivity contribution in [3.8, 4) is 0 Å². The van der Waals surface area contributed by atoms with Crippen molar-refractivity contribution in [1.82, 2.24) is 19.6 Å². The van der Waals surface area contributed by atoms with E-state index in [-0.39, 0.29) is 18.9 Å². The van der Waals surface area contributed by atoms with Crippen molar-refractivity contribution in [3.05, 3.63) is 17.5 Å². The van der Waals surface area contributed by atoms with Crippen molar-refractivity contribution in [2.75, 3.05) is 26.2 Å². The molecule has 1 unspecified atom stereocenters. The number of aryl methyl sites for hydroxylation is 2. The first-order valence-electron chi connectivity index (χ1n) is 11.8. The van der Waals surface area contributed by atoms with Gasteiger partial charge in [-0.1, -0.05) is 26.7 Å². The summed E-state index contributed by atoms with van der Waals surface area (Å²) in [6, 6.07) is 1.96. The second kappa shape index (κ2) is 11.2. The molecular weight excluding hydrogens is 475 g/mol. The zero-order valence-electron chi connectivity index (χ0n) is 20.7. The molecule has 7 nitrogen and oxygen atoms in total. The Morgan fingerprint density at radius 2 is 1.83 bits per heavy atom. The molecule has 0 bridgehead atoms. The highest BCUT2D eigenvalue weighted by atomic mass is 19.4. The number of carboxylic acids is 1. The normalized spacial score (nSPS) is 22.9. The zero-order valence-corrected chi connectivity index (χ0v) is 20.7. The lowest BCUT2D eigenvalue weighted by atomic mass is 9.71. The number of hydrogen-bond donors (Lipinski definition) is 1. The van der Waals surface area contributed by atoms with Crippen LogP contribution in [0.25, 0.3) is 0 Å². The Kier molecular flexibility index (Phi) is 9.29. The van der Waals surface area contributed by atoms with Crippen LogP contribution in [0.5, 0.6) is 0 Å². The van der Waals surface area contributed by atoms with E-state index in [0.717, 1.165) is 30.7 Å². The third-order valence-electron chi connectivity index (χ3n) is 6.77. The molecule has 1 N–H and O–H groups in total. The van der Waals surface area contributed by atoms with Crippen molar-refractivity contribution in [3.63, 3.8) is 0 Å². The molecule has 0 saturated carbocycles. The molecule has 2 aliphatic rings. The van der Waals surface area contributed by atoms with Crippen LogP contribution in [0.2, 0.25) is 0 Å². The molecule has 1 spiro atoms. The first-order valence-corrected chi connectivity index (χ1v) is 11.8. The van der Waals surface area contributed by atoms with Gasteiger partial charge in [-0.15, -0.1) is 0 Å². The maximum atomic E-state index is 14.7. The molecule has 3 heterocycles. The highest BCUT2D eigenvalue weighted by Crippen LogP contribution is 2.45. The molecule has 12 heteroatoms. The molecule has 0 radical (unpaired) electrons. The van der Waals surface area contributed by atoms with Gasteiger partial charge in [-0.3, -0.25) is 14.4 Å². The van der Waals surface area contributed by atoms with Gasteiger partial charge in [0.2, 0.25) is 5.91 Å². The molecule has 3 rings (SSSR count). The number of carboxylic acid groups (broad SMARTS) is 1. The third kappa shape index (κ3) is 7.62. The maximum Gasteiger partial charge on any atom is 0.490 e. The molecule has 1 atom stereocenters. The summed E-state index contributed by atoms with van der Waals surface area (Å²) in [6.45, 7) is 8.08. The number of likely N-dealkylation sites (tertiary alicyclic amines) is 2. The van der Waals surface area contributed by atoms with E-state index < -0.39 is 23.5 Å². The van der Waals surface area contributed by atoms with E-state index in [1.54, 1.807) is 9.58 Å².